The lowest BCUT2D eigenvalue weighted by Crippen LogP contribution is -1.98. The molecule has 8 heteroatoms. The molecular weight excluding hydrogens is 510 g/mol. The van der Waals surface area contributed by atoms with Gasteiger partial charge in [-0.3, -0.25) is 0 Å². The van der Waals surface area contributed by atoms with Gasteiger partial charge in [-0.1, -0.05) is 59.1 Å². The van der Waals surface area contributed by atoms with Gasteiger partial charge in [0.2, 0.25) is 0 Å². The highest BCUT2D eigenvalue weighted by molar-refractivity contribution is 6.32. The maximum Gasteiger partial charge on any atom is 0.138 e. The summed E-state index contributed by atoms with van der Waals surface area (Å²) in [6.07, 6.45) is 1.54. The van der Waals surface area contributed by atoms with Gasteiger partial charge < -0.3 is 14.8 Å². The number of benzene rings is 4. The average molecular weight is 530 g/mol. The molecule has 4 aromatic rings. The summed E-state index contributed by atoms with van der Waals surface area (Å²) in [7, 11) is 0. The second-order valence-corrected chi connectivity index (χ2v) is 8.75. The van der Waals surface area contributed by atoms with Gasteiger partial charge in [-0.2, -0.15) is 0 Å². The van der Waals surface area contributed by atoms with Gasteiger partial charge in [0.05, 0.1) is 22.1 Å². The van der Waals surface area contributed by atoms with Gasteiger partial charge in [0, 0.05) is 10.7 Å². The molecule has 4 nitrogen and oxygen atoms in total. The monoisotopic (exact) mass is 528 g/mol. The molecule has 0 radical (unpaired) electrons. The maximum atomic E-state index is 13.3. The molecule has 0 aliphatic rings. The van der Waals surface area contributed by atoms with E-state index in [1.165, 1.54) is 18.5 Å². The van der Waals surface area contributed by atoms with Crippen molar-refractivity contribution in [2.45, 2.75) is 13.2 Å². The molecule has 0 atom stereocenters. The summed E-state index contributed by atoms with van der Waals surface area (Å²) in [6, 6.07) is 24.2. The molecule has 0 heterocycles. The highest BCUT2D eigenvalue weighted by atomic mass is 35.5. The summed E-state index contributed by atoms with van der Waals surface area (Å²) >= 11 is 18.7. The van der Waals surface area contributed by atoms with Crippen LogP contribution in [0.2, 0.25) is 15.1 Å². The highest BCUT2D eigenvalue weighted by Gasteiger charge is 2.06. The molecule has 0 aliphatic heterocycles. The van der Waals surface area contributed by atoms with E-state index in [9.17, 15) is 4.39 Å². The molecule has 0 aromatic heterocycles. The fraction of sp³-hybridized carbons (Fsp3) is 0.0741. The van der Waals surface area contributed by atoms with Crippen LogP contribution in [0.5, 0.6) is 11.5 Å². The number of nitrogens with zero attached hydrogens (tertiary/aromatic N) is 1. The number of ether oxygens (including phenoxy) is 2. The number of aliphatic imine (C=N–C) groups is 1. The van der Waals surface area contributed by atoms with E-state index >= 15 is 0 Å². The Bertz CT molecular complexity index is 1350. The fourth-order valence-electron chi connectivity index (χ4n) is 3.15. The topological polar surface area (TPSA) is 42.8 Å². The highest BCUT2D eigenvalue weighted by Crippen LogP contribution is 2.30. The molecule has 0 bridgehead atoms. The van der Waals surface area contributed by atoms with Crippen molar-refractivity contribution in [2.75, 3.05) is 5.32 Å². The standard InChI is InChI=1S/C27H20Cl3FN2O2/c28-20-5-1-3-18(11-20)15-34-26-9-7-22(13-24(26)29)32-17-33-23-8-10-27(25(30)14-23)35-16-19-4-2-6-21(31)12-19/h1-14,17H,15-16H2,(H,32,33). The third-order valence-corrected chi connectivity index (χ3v) is 5.68. The molecule has 4 aromatic carbocycles. The van der Waals surface area contributed by atoms with E-state index in [1.807, 2.05) is 24.3 Å². The zero-order valence-corrected chi connectivity index (χ0v) is 20.6. The Morgan fingerprint density at radius 2 is 1.40 bits per heavy atom. The van der Waals surface area contributed by atoms with Gasteiger partial charge in [0.1, 0.15) is 30.5 Å². The number of halogens is 4. The molecule has 0 fully saturated rings. The van der Waals surface area contributed by atoms with Crippen molar-refractivity contribution in [1.29, 1.82) is 0 Å². The van der Waals surface area contributed by atoms with Crippen LogP contribution in [0, 0.1) is 5.82 Å². The first-order valence-corrected chi connectivity index (χ1v) is 11.7. The number of hydrogen-bond acceptors (Lipinski definition) is 3. The SMILES string of the molecule is Fc1cccc(COc2ccc(NC=Nc3ccc(OCc4cccc(Cl)c4)c(Cl)c3)cc2Cl)c1. The summed E-state index contributed by atoms with van der Waals surface area (Å²) < 4.78 is 24.8. The van der Waals surface area contributed by atoms with Crippen LogP contribution in [0.4, 0.5) is 15.8 Å². The molecule has 178 valence electrons. The predicted octanol–water partition coefficient (Wildman–Crippen LogP) is 8.72. The molecule has 35 heavy (non-hydrogen) atoms. The van der Waals surface area contributed by atoms with Gasteiger partial charge >= 0.3 is 0 Å². The summed E-state index contributed by atoms with van der Waals surface area (Å²) in [5, 5.41) is 4.58. The second kappa shape index (κ2) is 11.9. The molecule has 1 N–H and O–H groups in total. The maximum absolute atomic E-state index is 13.3. The third kappa shape index (κ3) is 7.36. The first-order chi connectivity index (χ1) is 17.0. The van der Waals surface area contributed by atoms with Crippen molar-refractivity contribution >= 4 is 52.5 Å². The van der Waals surface area contributed by atoms with E-state index in [-0.39, 0.29) is 12.4 Å². The molecule has 0 saturated carbocycles. The Morgan fingerprint density at radius 1 is 0.743 bits per heavy atom. The fourth-order valence-corrected chi connectivity index (χ4v) is 3.83. The molecule has 0 unspecified atom stereocenters. The smallest absolute Gasteiger partial charge is 0.138 e. The molecular formula is C27H20Cl3FN2O2. The summed E-state index contributed by atoms with van der Waals surface area (Å²) in [4.78, 5) is 4.37. The lowest BCUT2D eigenvalue weighted by atomic mass is 10.2. The lowest BCUT2D eigenvalue weighted by molar-refractivity contribution is 0.306. The zero-order chi connectivity index (χ0) is 24.6. The average Bonchev–Trinajstić information content (AvgIpc) is 2.83. The third-order valence-electron chi connectivity index (χ3n) is 4.86. The molecule has 0 amide bonds. The first-order valence-electron chi connectivity index (χ1n) is 10.6. The van der Waals surface area contributed by atoms with Crippen molar-refractivity contribution in [3.8, 4) is 11.5 Å². The molecule has 0 spiro atoms. The minimum absolute atomic E-state index is 0.214. The number of nitrogens with one attached hydrogen (secondary N) is 1. The van der Waals surface area contributed by atoms with Gasteiger partial charge in [0.15, 0.2) is 0 Å². The molecule has 0 saturated heterocycles. The van der Waals surface area contributed by atoms with Crippen LogP contribution in [0.15, 0.2) is 89.9 Å². The van der Waals surface area contributed by atoms with Crippen LogP contribution in [0.3, 0.4) is 0 Å². The van der Waals surface area contributed by atoms with Crippen molar-refractivity contribution < 1.29 is 13.9 Å². The first kappa shape index (κ1) is 24.9. The lowest BCUT2D eigenvalue weighted by Gasteiger charge is -2.10. The summed E-state index contributed by atoms with van der Waals surface area (Å²) in [6.45, 7) is 0.568. The predicted molar refractivity (Wildman–Crippen MR) is 141 cm³/mol. The van der Waals surface area contributed by atoms with E-state index in [1.54, 1.807) is 48.5 Å². The van der Waals surface area contributed by atoms with E-state index in [4.69, 9.17) is 44.3 Å². The van der Waals surface area contributed by atoms with Crippen LogP contribution >= 0.6 is 34.8 Å². The molecule has 0 aliphatic carbocycles. The van der Waals surface area contributed by atoms with Gasteiger partial charge in [-0.05, 0) is 71.8 Å². The Morgan fingerprint density at radius 3 is 2.06 bits per heavy atom. The van der Waals surface area contributed by atoms with Gasteiger partial charge in [0.25, 0.3) is 0 Å². The molecule has 4 rings (SSSR count). The van der Waals surface area contributed by atoms with Crippen LogP contribution in [-0.4, -0.2) is 6.34 Å². The van der Waals surface area contributed by atoms with Crippen LogP contribution < -0.4 is 14.8 Å². The second-order valence-electron chi connectivity index (χ2n) is 7.50. The van der Waals surface area contributed by atoms with Crippen molar-refractivity contribution in [1.82, 2.24) is 0 Å². The Hall–Kier alpha value is -3.25. The largest absolute Gasteiger partial charge is 0.487 e. The van der Waals surface area contributed by atoms with E-state index in [2.05, 4.69) is 10.3 Å². The van der Waals surface area contributed by atoms with E-state index < -0.39 is 0 Å². The van der Waals surface area contributed by atoms with Gasteiger partial charge in [-0.25, -0.2) is 9.38 Å². The van der Waals surface area contributed by atoms with E-state index in [0.29, 0.717) is 38.9 Å². The Balaban J connectivity index is 1.31. The minimum atomic E-state index is -0.308. The Labute approximate surface area is 217 Å². The summed E-state index contributed by atoms with van der Waals surface area (Å²) in [5.41, 5.74) is 3.04. The number of hydrogen-bond donors (Lipinski definition) is 1. The normalized spacial score (nSPS) is 11.0. The van der Waals surface area contributed by atoms with Crippen molar-refractivity contribution in [3.05, 3.63) is 117 Å². The van der Waals surface area contributed by atoms with Crippen LogP contribution in [0.25, 0.3) is 0 Å². The van der Waals surface area contributed by atoms with Crippen LogP contribution in [0.1, 0.15) is 11.1 Å². The summed E-state index contributed by atoms with van der Waals surface area (Å²) in [5.74, 6) is 0.745. The number of rotatable bonds is 9. The van der Waals surface area contributed by atoms with Gasteiger partial charge in [-0.15, -0.1) is 0 Å². The quantitative estimate of drug-likeness (QED) is 0.174. The zero-order valence-electron chi connectivity index (χ0n) is 18.4. The minimum Gasteiger partial charge on any atom is -0.487 e. The van der Waals surface area contributed by atoms with E-state index in [0.717, 1.165) is 16.8 Å². The van der Waals surface area contributed by atoms with Crippen molar-refractivity contribution in [2.24, 2.45) is 4.99 Å². The Kier molecular flexibility index (Phi) is 8.48. The number of anilines is 1. The van der Waals surface area contributed by atoms with Crippen LogP contribution in [-0.2, 0) is 13.2 Å². The van der Waals surface area contributed by atoms with Crippen molar-refractivity contribution in [3.63, 3.8) is 0 Å².